The average molecular weight is 396 g/mol. The standard InChI is InChI=1S/C15H23BrN2OS.ClH/c1-15(2,11-18-14(19)5-4-10-17-3)20-13-8-6-12(16)7-9-13;/h6-9,17H,4-5,10-11H2,1-3H3,(H,18,19);1H. The van der Waals surface area contributed by atoms with E-state index in [0.717, 1.165) is 17.4 Å². The lowest BCUT2D eigenvalue weighted by atomic mass is 10.2. The molecule has 0 aromatic heterocycles. The molecule has 120 valence electrons. The van der Waals surface area contributed by atoms with Gasteiger partial charge < -0.3 is 10.6 Å². The fraction of sp³-hybridized carbons (Fsp3) is 0.533. The summed E-state index contributed by atoms with van der Waals surface area (Å²) in [5.74, 6) is 0.129. The first-order chi connectivity index (χ1) is 9.43. The smallest absolute Gasteiger partial charge is 0.220 e. The highest BCUT2D eigenvalue weighted by Gasteiger charge is 2.20. The lowest BCUT2D eigenvalue weighted by Crippen LogP contribution is -2.36. The summed E-state index contributed by atoms with van der Waals surface area (Å²) in [6, 6.07) is 8.25. The molecule has 0 saturated carbocycles. The number of halogens is 2. The summed E-state index contributed by atoms with van der Waals surface area (Å²) in [5, 5.41) is 6.06. The molecule has 1 aromatic carbocycles. The number of carbonyl (C=O) groups is 1. The van der Waals surface area contributed by atoms with Crippen molar-refractivity contribution in [2.45, 2.75) is 36.3 Å². The first-order valence-electron chi connectivity index (χ1n) is 6.79. The minimum atomic E-state index is -0.0213. The first kappa shape index (κ1) is 20.8. The van der Waals surface area contributed by atoms with Crippen LogP contribution >= 0.6 is 40.1 Å². The normalized spacial score (nSPS) is 10.9. The monoisotopic (exact) mass is 394 g/mol. The summed E-state index contributed by atoms with van der Waals surface area (Å²) in [6.07, 6.45) is 1.46. The maximum atomic E-state index is 11.7. The van der Waals surface area contributed by atoms with E-state index >= 15 is 0 Å². The van der Waals surface area contributed by atoms with Gasteiger partial charge in [0.05, 0.1) is 0 Å². The lowest BCUT2D eigenvalue weighted by molar-refractivity contribution is -0.121. The average Bonchev–Trinajstić information content (AvgIpc) is 2.39. The van der Waals surface area contributed by atoms with E-state index in [-0.39, 0.29) is 23.1 Å². The van der Waals surface area contributed by atoms with Crippen molar-refractivity contribution in [3.8, 4) is 0 Å². The van der Waals surface area contributed by atoms with Crippen molar-refractivity contribution in [3.05, 3.63) is 28.7 Å². The Morgan fingerprint density at radius 3 is 2.48 bits per heavy atom. The van der Waals surface area contributed by atoms with Crippen LogP contribution in [0.5, 0.6) is 0 Å². The Kier molecular flexibility index (Phi) is 10.4. The zero-order valence-corrected chi connectivity index (χ0v) is 16.0. The highest BCUT2D eigenvalue weighted by molar-refractivity contribution is 9.10. The Labute approximate surface area is 146 Å². The van der Waals surface area contributed by atoms with E-state index in [1.807, 2.05) is 19.2 Å². The third-order valence-electron chi connectivity index (χ3n) is 2.75. The van der Waals surface area contributed by atoms with Crippen molar-refractivity contribution < 1.29 is 4.79 Å². The molecule has 2 N–H and O–H groups in total. The Balaban J connectivity index is 0.00000400. The molecule has 0 bridgehead atoms. The van der Waals surface area contributed by atoms with Crippen LogP contribution in [0.2, 0.25) is 0 Å². The van der Waals surface area contributed by atoms with Crippen molar-refractivity contribution >= 4 is 46.0 Å². The largest absolute Gasteiger partial charge is 0.355 e. The molecule has 0 aliphatic heterocycles. The molecular formula is C15H24BrClN2OS. The number of nitrogens with one attached hydrogen (secondary N) is 2. The molecule has 0 unspecified atom stereocenters. The van der Waals surface area contributed by atoms with Crippen molar-refractivity contribution in [2.75, 3.05) is 20.1 Å². The zero-order valence-electron chi connectivity index (χ0n) is 12.7. The van der Waals surface area contributed by atoms with Gasteiger partial charge in [-0.05, 0) is 58.1 Å². The summed E-state index contributed by atoms with van der Waals surface area (Å²) in [6.45, 7) is 5.84. The van der Waals surface area contributed by atoms with Crippen molar-refractivity contribution in [1.29, 1.82) is 0 Å². The van der Waals surface area contributed by atoms with Gasteiger partial charge in [0.15, 0.2) is 0 Å². The quantitative estimate of drug-likeness (QED) is 0.519. The van der Waals surface area contributed by atoms with Crippen LogP contribution in [0.3, 0.4) is 0 Å². The summed E-state index contributed by atoms with van der Waals surface area (Å²) in [5.41, 5.74) is 0. The first-order valence-corrected chi connectivity index (χ1v) is 8.40. The zero-order chi connectivity index (χ0) is 15.0. The van der Waals surface area contributed by atoms with E-state index in [4.69, 9.17) is 0 Å². The predicted octanol–water partition coefficient (Wildman–Crippen LogP) is 3.86. The molecule has 6 heteroatoms. The molecule has 0 aliphatic carbocycles. The van der Waals surface area contributed by atoms with E-state index in [1.54, 1.807) is 11.8 Å². The third kappa shape index (κ3) is 9.40. The number of hydrogen-bond acceptors (Lipinski definition) is 3. The predicted molar refractivity (Wildman–Crippen MR) is 97.5 cm³/mol. The minimum Gasteiger partial charge on any atom is -0.355 e. The Bertz CT molecular complexity index is 426. The summed E-state index contributed by atoms with van der Waals surface area (Å²) >= 11 is 5.21. The maximum Gasteiger partial charge on any atom is 0.220 e. The van der Waals surface area contributed by atoms with Gasteiger partial charge in [0.1, 0.15) is 0 Å². The van der Waals surface area contributed by atoms with Crippen LogP contribution in [0, 0.1) is 0 Å². The summed E-state index contributed by atoms with van der Waals surface area (Å²) in [4.78, 5) is 12.9. The number of rotatable bonds is 8. The molecule has 1 amide bonds. The second-order valence-corrected chi connectivity index (χ2v) is 8.00. The number of amides is 1. The molecule has 1 rings (SSSR count). The van der Waals surface area contributed by atoms with Gasteiger partial charge >= 0.3 is 0 Å². The second kappa shape index (κ2) is 10.5. The number of thioether (sulfide) groups is 1. The summed E-state index contributed by atoms with van der Waals surface area (Å²) < 4.78 is 1.06. The van der Waals surface area contributed by atoms with Crippen LogP contribution in [-0.4, -0.2) is 30.8 Å². The molecular weight excluding hydrogens is 372 g/mol. The van der Waals surface area contributed by atoms with Gasteiger partial charge in [-0.2, -0.15) is 0 Å². The van der Waals surface area contributed by atoms with Crippen molar-refractivity contribution in [2.24, 2.45) is 0 Å². The SMILES string of the molecule is CNCCCC(=O)NCC(C)(C)Sc1ccc(Br)cc1.Cl. The summed E-state index contributed by atoms with van der Waals surface area (Å²) in [7, 11) is 1.90. The van der Waals surface area contributed by atoms with Gasteiger partial charge in [-0.3, -0.25) is 4.79 Å². The van der Waals surface area contributed by atoms with E-state index < -0.39 is 0 Å². The number of benzene rings is 1. The highest BCUT2D eigenvalue weighted by Crippen LogP contribution is 2.32. The molecule has 1 aromatic rings. The van der Waals surface area contributed by atoms with Gasteiger partial charge in [0, 0.05) is 27.1 Å². The van der Waals surface area contributed by atoms with Gasteiger partial charge in [0.2, 0.25) is 5.91 Å². The van der Waals surface area contributed by atoms with E-state index in [0.29, 0.717) is 13.0 Å². The topological polar surface area (TPSA) is 41.1 Å². The molecule has 0 spiro atoms. The van der Waals surface area contributed by atoms with Crippen LogP contribution in [-0.2, 0) is 4.79 Å². The van der Waals surface area contributed by atoms with Gasteiger partial charge in [-0.15, -0.1) is 24.2 Å². The third-order valence-corrected chi connectivity index (χ3v) is 4.48. The Morgan fingerprint density at radius 1 is 1.29 bits per heavy atom. The van der Waals surface area contributed by atoms with Crippen LogP contribution < -0.4 is 10.6 Å². The lowest BCUT2D eigenvalue weighted by Gasteiger charge is -2.24. The van der Waals surface area contributed by atoms with E-state index in [9.17, 15) is 4.79 Å². The van der Waals surface area contributed by atoms with Crippen LogP contribution in [0.4, 0.5) is 0 Å². The van der Waals surface area contributed by atoms with Crippen LogP contribution in [0.15, 0.2) is 33.6 Å². The molecule has 0 aliphatic rings. The second-order valence-electron chi connectivity index (χ2n) is 5.30. The molecule has 0 radical (unpaired) electrons. The molecule has 3 nitrogen and oxygen atoms in total. The van der Waals surface area contributed by atoms with Crippen LogP contribution in [0.25, 0.3) is 0 Å². The van der Waals surface area contributed by atoms with E-state index in [1.165, 1.54) is 4.90 Å². The molecule has 21 heavy (non-hydrogen) atoms. The molecule has 0 atom stereocenters. The Morgan fingerprint density at radius 2 is 1.90 bits per heavy atom. The number of carbonyl (C=O) groups excluding carboxylic acids is 1. The Hall–Kier alpha value is -0.230. The fourth-order valence-corrected chi connectivity index (χ4v) is 3.00. The maximum absolute atomic E-state index is 11.7. The highest BCUT2D eigenvalue weighted by atomic mass is 79.9. The molecule has 0 saturated heterocycles. The van der Waals surface area contributed by atoms with E-state index in [2.05, 4.69) is 52.5 Å². The molecule has 0 heterocycles. The van der Waals surface area contributed by atoms with Crippen LogP contribution in [0.1, 0.15) is 26.7 Å². The molecule has 0 fully saturated rings. The van der Waals surface area contributed by atoms with Gasteiger partial charge in [-0.1, -0.05) is 15.9 Å². The van der Waals surface area contributed by atoms with Gasteiger partial charge in [0.25, 0.3) is 0 Å². The fourth-order valence-electron chi connectivity index (χ4n) is 1.68. The van der Waals surface area contributed by atoms with Crippen molar-refractivity contribution in [1.82, 2.24) is 10.6 Å². The minimum absolute atomic E-state index is 0. The number of hydrogen-bond donors (Lipinski definition) is 2. The van der Waals surface area contributed by atoms with Gasteiger partial charge in [-0.25, -0.2) is 0 Å². The van der Waals surface area contributed by atoms with Crippen molar-refractivity contribution in [3.63, 3.8) is 0 Å².